The highest BCUT2D eigenvalue weighted by atomic mass is 32.1. The number of pyridine rings is 1. The summed E-state index contributed by atoms with van der Waals surface area (Å²) in [6.07, 6.45) is 1.81. The van der Waals surface area contributed by atoms with Crippen molar-refractivity contribution >= 4 is 17.2 Å². The van der Waals surface area contributed by atoms with Crippen molar-refractivity contribution in [1.29, 1.82) is 0 Å². The second kappa shape index (κ2) is 4.40. The molecule has 0 saturated heterocycles. The van der Waals surface area contributed by atoms with E-state index in [9.17, 15) is 0 Å². The van der Waals surface area contributed by atoms with Crippen molar-refractivity contribution in [2.24, 2.45) is 0 Å². The summed E-state index contributed by atoms with van der Waals surface area (Å²) < 4.78 is 0. The molecular formula is C11H13N3S. The SMILES string of the molecule is Cc1ccnc(NCc2nc(C)cs2)c1. The van der Waals surface area contributed by atoms with E-state index in [1.165, 1.54) is 5.56 Å². The van der Waals surface area contributed by atoms with Crippen LogP contribution in [0.5, 0.6) is 0 Å². The number of nitrogens with one attached hydrogen (secondary N) is 1. The van der Waals surface area contributed by atoms with Crippen molar-refractivity contribution in [2.45, 2.75) is 20.4 Å². The third-order valence-corrected chi connectivity index (χ3v) is 2.97. The molecule has 0 aliphatic carbocycles. The van der Waals surface area contributed by atoms with E-state index < -0.39 is 0 Å². The molecule has 2 aromatic rings. The highest BCUT2D eigenvalue weighted by Crippen LogP contribution is 2.11. The molecule has 4 heteroatoms. The number of hydrogen-bond acceptors (Lipinski definition) is 4. The van der Waals surface area contributed by atoms with E-state index in [4.69, 9.17) is 0 Å². The fourth-order valence-corrected chi connectivity index (χ4v) is 1.99. The van der Waals surface area contributed by atoms with Crippen molar-refractivity contribution in [2.75, 3.05) is 5.32 Å². The van der Waals surface area contributed by atoms with Crippen LogP contribution in [0.3, 0.4) is 0 Å². The number of rotatable bonds is 3. The number of aromatic nitrogens is 2. The minimum atomic E-state index is 0.745. The molecule has 78 valence electrons. The minimum Gasteiger partial charge on any atom is -0.364 e. The maximum atomic E-state index is 4.38. The van der Waals surface area contributed by atoms with Crippen molar-refractivity contribution < 1.29 is 0 Å². The van der Waals surface area contributed by atoms with Gasteiger partial charge in [-0.1, -0.05) is 0 Å². The average molecular weight is 219 g/mol. The lowest BCUT2D eigenvalue weighted by Crippen LogP contribution is -2.00. The van der Waals surface area contributed by atoms with Gasteiger partial charge in [-0.15, -0.1) is 11.3 Å². The Hall–Kier alpha value is -1.42. The zero-order valence-corrected chi connectivity index (χ0v) is 9.64. The summed E-state index contributed by atoms with van der Waals surface area (Å²) >= 11 is 1.67. The Labute approximate surface area is 93.2 Å². The molecule has 2 aromatic heterocycles. The van der Waals surface area contributed by atoms with Crippen molar-refractivity contribution in [1.82, 2.24) is 9.97 Å². The highest BCUT2D eigenvalue weighted by Gasteiger charge is 1.99. The lowest BCUT2D eigenvalue weighted by atomic mass is 10.3. The zero-order chi connectivity index (χ0) is 10.7. The van der Waals surface area contributed by atoms with Crippen LogP contribution in [0.25, 0.3) is 0 Å². The maximum Gasteiger partial charge on any atom is 0.126 e. The summed E-state index contributed by atoms with van der Waals surface area (Å²) in [5, 5.41) is 6.40. The van der Waals surface area contributed by atoms with Gasteiger partial charge in [0.1, 0.15) is 10.8 Å². The molecular weight excluding hydrogens is 206 g/mol. The number of hydrogen-bond donors (Lipinski definition) is 1. The van der Waals surface area contributed by atoms with Gasteiger partial charge in [0.05, 0.1) is 6.54 Å². The van der Waals surface area contributed by atoms with E-state index in [0.717, 1.165) is 23.1 Å². The predicted octanol–water partition coefficient (Wildman–Crippen LogP) is 2.77. The minimum absolute atomic E-state index is 0.745. The van der Waals surface area contributed by atoms with Crippen LogP contribution in [0, 0.1) is 13.8 Å². The van der Waals surface area contributed by atoms with Gasteiger partial charge in [-0.25, -0.2) is 9.97 Å². The maximum absolute atomic E-state index is 4.38. The Morgan fingerprint density at radius 2 is 2.27 bits per heavy atom. The standard InChI is InChI=1S/C11H13N3S/c1-8-3-4-12-10(5-8)13-6-11-14-9(2)7-15-11/h3-5,7H,6H2,1-2H3,(H,12,13). The summed E-state index contributed by atoms with van der Waals surface area (Å²) in [7, 11) is 0. The molecule has 0 aliphatic heterocycles. The van der Waals surface area contributed by atoms with Gasteiger partial charge in [0, 0.05) is 17.3 Å². The summed E-state index contributed by atoms with van der Waals surface area (Å²) in [4.78, 5) is 8.60. The monoisotopic (exact) mass is 219 g/mol. The van der Waals surface area contributed by atoms with Crippen LogP contribution in [0.1, 0.15) is 16.3 Å². The third kappa shape index (κ3) is 2.76. The molecule has 0 radical (unpaired) electrons. The van der Waals surface area contributed by atoms with Gasteiger partial charge in [0.25, 0.3) is 0 Å². The fourth-order valence-electron chi connectivity index (χ4n) is 1.28. The number of nitrogens with zero attached hydrogens (tertiary/aromatic N) is 2. The van der Waals surface area contributed by atoms with Crippen LogP contribution in [0.2, 0.25) is 0 Å². The molecule has 15 heavy (non-hydrogen) atoms. The van der Waals surface area contributed by atoms with Crippen molar-refractivity contribution in [3.63, 3.8) is 0 Å². The lowest BCUT2D eigenvalue weighted by molar-refractivity contribution is 1.06. The first-order valence-electron chi connectivity index (χ1n) is 4.81. The molecule has 0 spiro atoms. The fraction of sp³-hybridized carbons (Fsp3) is 0.273. The van der Waals surface area contributed by atoms with E-state index in [1.807, 2.05) is 25.3 Å². The highest BCUT2D eigenvalue weighted by molar-refractivity contribution is 7.09. The molecule has 0 amide bonds. The first kappa shape index (κ1) is 10.1. The van der Waals surface area contributed by atoms with Crippen molar-refractivity contribution in [3.05, 3.63) is 40.0 Å². The molecule has 0 atom stereocenters. The van der Waals surface area contributed by atoms with E-state index in [0.29, 0.717) is 0 Å². The summed E-state index contributed by atoms with van der Waals surface area (Å²) in [6, 6.07) is 4.01. The van der Waals surface area contributed by atoms with E-state index in [1.54, 1.807) is 11.3 Å². The first-order valence-corrected chi connectivity index (χ1v) is 5.69. The topological polar surface area (TPSA) is 37.8 Å². The number of anilines is 1. The van der Waals surface area contributed by atoms with Gasteiger partial charge < -0.3 is 5.32 Å². The van der Waals surface area contributed by atoms with Crippen LogP contribution >= 0.6 is 11.3 Å². The van der Waals surface area contributed by atoms with E-state index in [2.05, 4.69) is 27.6 Å². The quantitative estimate of drug-likeness (QED) is 0.862. The molecule has 0 aliphatic rings. The van der Waals surface area contributed by atoms with Crippen LogP contribution in [0.15, 0.2) is 23.7 Å². The van der Waals surface area contributed by atoms with Gasteiger partial charge in [0.2, 0.25) is 0 Å². The zero-order valence-electron chi connectivity index (χ0n) is 8.82. The third-order valence-electron chi connectivity index (χ3n) is 2.00. The Kier molecular flexibility index (Phi) is 2.97. The number of aryl methyl sites for hydroxylation is 2. The lowest BCUT2D eigenvalue weighted by Gasteiger charge is -2.03. The number of thiazole rings is 1. The molecule has 3 nitrogen and oxygen atoms in total. The second-order valence-electron chi connectivity index (χ2n) is 3.45. The predicted molar refractivity (Wildman–Crippen MR) is 63.2 cm³/mol. The summed E-state index contributed by atoms with van der Waals surface area (Å²) in [5.74, 6) is 0.905. The Morgan fingerprint density at radius 1 is 1.40 bits per heavy atom. The molecule has 0 fully saturated rings. The van der Waals surface area contributed by atoms with Crippen LogP contribution in [-0.4, -0.2) is 9.97 Å². The summed E-state index contributed by atoms with van der Waals surface area (Å²) in [5.41, 5.74) is 2.29. The molecule has 2 heterocycles. The summed E-state index contributed by atoms with van der Waals surface area (Å²) in [6.45, 7) is 4.81. The normalized spacial score (nSPS) is 10.3. The van der Waals surface area contributed by atoms with Crippen molar-refractivity contribution in [3.8, 4) is 0 Å². The van der Waals surface area contributed by atoms with Gasteiger partial charge in [-0.05, 0) is 31.5 Å². The van der Waals surface area contributed by atoms with E-state index >= 15 is 0 Å². The molecule has 0 unspecified atom stereocenters. The van der Waals surface area contributed by atoms with Gasteiger partial charge in [-0.2, -0.15) is 0 Å². The largest absolute Gasteiger partial charge is 0.364 e. The van der Waals surface area contributed by atoms with Crippen LogP contribution in [0.4, 0.5) is 5.82 Å². The average Bonchev–Trinajstić information content (AvgIpc) is 2.62. The van der Waals surface area contributed by atoms with Gasteiger partial charge >= 0.3 is 0 Å². The van der Waals surface area contributed by atoms with Crippen LogP contribution in [-0.2, 0) is 6.54 Å². The second-order valence-corrected chi connectivity index (χ2v) is 4.40. The van der Waals surface area contributed by atoms with Crippen LogP contribution < -0.4 is 5.32 Å². The smallest absolute Gasteiger partial charge is 0.126 e. The van der Waals surface area contributed by atoms with Gasteiger partial charge in [0.15, 0.2) is 0 Å². The molecule has 0 aromatic carbocycles. The van der Waals surface area contributed by atoms with E-state index in [-0.39, 0.29) is 0 Å². The Morgan fingerprint density at radius 3 is 2.93 bits per heavy atom. The molecule has 1 N–H and O–H groups in total. The first-order chi connectivity index (χ1) is 7.24. The molecule has 2 rings (SSSR count). The molecule has 0 saturated carbocycles. The molecule has 0 bridgehead atoms. The van der Waals surface area contributed by atoms with Gasteiger partial charge in [-0.3, -0.25) is 0 Å². The Bertz CT molecular complexity index is 451. The Balaban J connectivity index is 1.99.